The number of nitrogens with zero attached hydrogens (tertiary/aromatic N) is 2. The Morgan fingerprint density at radius 1 is 1.00 bits per heavy atom. The van der Waals surface area contributed by atoms with Crippen LogP contribution in [-0.4, -0.2) is 19.8 Å². The molecule has 0 saturated heterocycles. The van der Waals surface area contributed by atoms with Gasteiger partial charge in [0.2, 0.25) is 11.8 Å². The Labute approximate surface area is 127 Å². The molecule has 0 spiro atoms. The molecule has 4 nitrogen and oxygen atoms in total. The van der Waals surface area contributed by atoms with Gasteiger partial charge in [-0.3, -0.25) is 9.55 Å². The molecule has 2 aromatic heterocycles. The summed E-state index contributed by atoms with van der Waals surface area (Å²) < 4.78 is 1.57. The van der Waals surface area contributed by atoms with E-state index in [1.807, 2.05) is 24.3 Å². The maximum atomic E-state index is 10.7. The van der Waals surface area contributed by atoms with Crippen molar-refractivity contribution in [1.82, 2.24) is 9.55 Å². The molecule has 22 heavy (non-hydrogen) atoms. The second-order valence-electron chi connectivity index (χ2n) is 6.02. The zero-order chi connectivity index (χ0) is 14.8. The van der Waals surface area contributed by atoms with Gasteiger partial charge < -0.3 is 10.2 Å². The van der Waals surface area contributed by atoms with Crippen molar-refractivity contribution in [1.29, 1.82) is 0 Å². The SMILES string of the molecule is Oc1c2c(c(O)n1-c1cccc3cnccc13)[C@H]1C=C[C@@H]2C1. The Bertz CT molecular complexity index is 914. The predicted octanol–water partition coefficient (Wildman–Crippen LogP) is 3.58. The van der Waals surface area contributed by atoms with Gasteiger partial charge in [0.15, 0.2) is 0 Å². The molecular weight excluding hydrogens is 276 g/mol. The number of allylic oxidation sites excluding steroid dienone is 2. The Balaban J connectivity index is 1.84. The topological polar surface area (TPSA) is 58.3 Å². The van der Waals surface area contributed by atoms with E-state index in [0.29, 0.717) is 0 Å². The van der Waals surface area contributed by atoms with Crippen LogP contribution in [0.25, 0.3) is 16.5 Å². The van der Waals surface area contributed by atoms with Crippen molar-refractivity contribution in [3.05, 3.63) is 59.9 Å². The average Bonchev–Trinajstić information content (AvgIpc) is 3.21. The van der Waals surface area contributed by atoms with Crippen LogP contribution in [0, 0.1) is 0 Å². The van der Waals surface area contributed by atoms with Gasteiger partial charge >= 0.3 is 0 Å². The molecule has 3 aromatic rings. The third kappa shape index (κ3) is 1.30. The van der Waals surface area contributed by atoms with Gasteiger partial charge in [0.05, 0.1) is 5.69 Å². The van der Waals surface area contributed by atoms with Crippen LogP contribution < -0.4 is 0 Å². The summed E-state index contributed by atoms with van der Waals surface area (Å²) in [5, 5.41) is 23.4. The van der Waals surface area contributed by atoms with E-state index in [0.717, 1.165) is 34.0 Å². The normalized spacial score (nSPS) is 21.6. The second kappa shape index (κ2) is 3.91. The summed E-state index contributed by atoms with van der Waals surface area (Å²) in [6.45, 7) is 0. The standard InChI is InChI=1S/C18H14N2O2/c21-17-15-10-4-5-11(8-10)16(15)18(22)20(17)14-3-1-2-12-9-19-7-6-13(12)14/h1-7,9-11,21-22H,8H2/t10-,11+. The molecular formula is C18H14N2O2. The highest BCUT2D eigenvalue weighted by Gasteiger charge is 2.41. The van der Waals surface area contributed by atoms with E-state index in [1.165, 1.54) is 0 Å². The van der Waals surface area contributed by atoms with E-state index in [-0.39, 0.29) is 23.6 Å². The lowest BCUT2D eigenvalue weighted by molar-refractivity contribution is 0.396. The Morgan fingerprint density at radius 2 is 1.73 bits per heavy atom. The third-order valence-electron chi connectivity index (χ3n) is 4.92. The molecule has 4 heteroatoms. The van der Waals surface area contributed by atoms with Crippen molar-refractivity contribution in [3.63, 3.8) is 0 Å². The Hall–Kier alpha value is -2.75. The average molecular weight is 290 g/mol. The molecule has 2 N–H and O–H groups in total. The molecule has 0 fully saturated rings. The summed E-state index contributed by atoms with van der Waals surface area (Å²) in [5.41, 5.74) is 2.55. The van der Waals surface area contributed by atoms with Gasteiger partial charge in [0.25, 0.3) is 0 Å². The van der Waals surface area contributed by atoms with Crippen LogP contribution in [0.4, 0.5) is 0 Å². The van der Waals surface area contributed by atoms with Gasteiger partial charge in [-0.25, -0.2) is 0 Å². The summed E-state index contributed by atoms with van der Waals surface area (Å²) in [4.78, 5) is 4.13. The van der Waals surface area contributed by atoms with E-state index in [4.69, 9.17) is 0 Å². The molecule has 0 saturated carbocycles. The van der Waals surface area contributed by atoms with Gasteiger partial charge in [-0.15, -0.1) is 0 Å². The lowest BCUT2D eigenvalue weighted by Crippen LogP contribution is -1.96. The highest BCUT2D eigenvalue weighted by Crippen LogP contribution is 2.57. The number of aromatic nitrogens is 2. The number of rotatable bonds is 1. The van der Waals surface area contributed by atoms with Crippen LogP contribution in [0.2, 0.25) is 0 Å². The van der Waals surface area contributed by atoms with Gasteiger partial charge in [0.1, 0.15) is 0 Å². The van der Waals surface area contributed by atoms with Crippen molar-refractivity contribution >= 4 is 10.8 Å². The molecule has 0 amide bonds. The molecule has 2 atom stereocenters. The maximum absolute atomic E-state index is 10.7. The molecule has 2 heterocycles. The van der Waals surface area contributed by atoms with Crippen molar-refractivity contribution in [2.24, 2.45) is 0 Å². The summed E-state index contributed by atoms with van der Waals surface area (Å²) in [5.74, 6) is 0.773. The second-order valence-corrected chi connectivity index (χ2v) is 6.02. The minimum atomic E-state index is 0.161. The number of aromatic hydroxyl groups is 2. The van der Waals surface area contributed by atoms with Gasteiger partial charge in [0, 0.05) is 46.1 Å². The van der Waals surface area contributed by atoms with Crippen LogP contribution in [0.5, 0.6) is 11.8 Å². The Morgan fingerprint density at radius 3 is 2.45 bits per heavy atom. The zero-order valence-corrected chi connectivity index (χ0v) is 11.8. The predicted molar refractivity (Wildman–Crippen MR) is 83.6 cm³/mol. The molecule has 5 rings (SSSR count). The molecule has 0 radical (unpaired) electrons. The smallest absolute Gasteiger partial charge is 0.202 e. The summed E-state index contributed by atoms with van der Waals surface area (Å²) in [6, 6.07) is 7.70. The molecule has 0 aliphatic heterocycles. The first-order valence-electron chi connectivity index (χ1n) is 7.43. The summed E-state index contributed by atoms with van der Waals surface area (Å²) in [7, 11) is 0. The van der Waals surface area contributed by atoms with Crippen LogP contribution in [-0.2, 0) is 0 Å². The van der Waals surface area contributed by atoms with Crippen LogP contribution >= 0.6 is 0 Å². The van der Waals surface area contributed by atoms with Gasteiger partial charge in [-0.2, -0.15) is 0 Å². The molecule has 2 bridgehead atoms. The van der Waals surface area contributed by atoms with E-state index in [2.05, 4.69) is 17.1 Å². The van der Waals surface area contributed by atoms with E-state index < -0.39 is 0 Å². The first-order chi connectivity index (χ1) is 10.8. The molecule has 108 valence electrons. The first kappa shape index (κ1) is 11.9. The summed E-state index contributed by atoms with van der Waals surface area (Å²) >= 11 is 0. The fraction of sp³-hybridized carbons (Fsp3) is 0.167. The minimum absolute atomic E-state index is 0.161. The third-order valence-corrected chi connectivity index (χ3v) is 4.92. The van der Waals surface area contributed by atoms with Gasteiger partial charge in [-0.1, -0.05) is 24.3 Å². The fourth-order valence-electron chi connectivity index (χ4n) is 3.97. The highest BCUT2D eigenvalue weighted by molar-refractivity contribution is 5.90. The van der Waals surface area contributed by atoms with Crippen molar-refractivity contribution < 1.29 is 10.2 Å². The highest BCUT2D eigenvalue weighted by atomic mass is 16.3. The van der Waals surface area contributed by atoms with Crippen molar-refractivity contribution in [2.45, 2.75) is 18.3 Å². The molecule has 2 aliphatic carbocycles. The van der Waals surface area contributed by atoms with E-state index in [1.54, 1.807) is 17.0 Å². The van der Waals surface area contributed by atoms with Crippen LogP contribution in [0.1, 0.15) is 29.4 Å². The monoisotopic (exact) mass is 290 g/mol. The number of hydrogen-bond donors (Lipinski definition) is 2. The first-order valence-corrected chi connectivity index (χ1v) is 7.43. The molecule has 1 aromatic carbocycles. The zero-order valence-electron chi connectivity index (χ0n) is 11.8. The maximum Gasteiger partial charge on any atom is 0.202 e. The lowest BCUT2D eigenvalue weighted by Gasteiger charge is -2.12. The largest absolute Gasteiger partial charge is 0.494 e. The van der Waals surface area contributed by atoms with E-state index in [9.17, 15) is 10.2 Å². The fourth-order valence-corrected chi connectivity index (χ4v) is 3.97. The number of fused-ring (bicyclic) bond motifs is 6. The van der Waals surface area contributed by atoms with Gasteiger partial charge in [-0.05, 0) is 18.6 Å². The van der Waals surface area contributed by atoms with Crippen molar-refractivity contribution in [2.75, 3.05) is 0 Å². The van der Waals surface area contributed by atoms with E-state index >= 15 is 0 Å². The summed E-state index contributed by atoms with van der Waals surface area (Å²) in [6.07, 6.45) is 8.73. The quantitative estimate of drug-likeness (QED) is 0.673. The number of benzene rings is 1. The van der Waals surface area contributed by atoms with Crippen LogP contribution in [0.15, 0.2) is 48.8 Å². The minimum Gasteiger partial charge on any atom is -0.494 e. The number of pyridine rings is 1. The number of hydrogen-bond acceptors (Lipinski definition) is 3. The molecule has 0 unspecified atom stereocenters. The molecule has 2 aliphatic rings. The Kier molecular flexibility index (Phi) is 2.11. The lowest BCUT2D eigenvalue weighted by atomic mass is 10.0. The van der Waals surface area contributed by atoms with Crippen LogP contribution in [0.3, 0.4) is 0 Å². The van der Waals surface area contributed by atoms with Crippen molar-refractivity contribution in [3.8, 4) is 17.4 Å².